The first kappa shape index (κ1) is 21.6. The topological polar surface area (TPSA) is 57.5 Å². The van der Waals surface area contributed by atoms with E-state index in [4.69, 9.17) is 0 Å². The second-order valence-corrected chi connectivity index (χ2v) is 8.28. The van der Waals surface area contributed by atoms with Gasteiger partial charge in [0.25, 0.3) is 0 Å². The summed E-state index contributed by atoms with van der Waals surface area (Å²) in [5.74, 6) is 0. The highest BCUT2D eigenvalue weighted by atomic mass is 16.3. The van der Waals surface area contributed by atoms with Crippen molar-refractivity contribution in [1.82, 2.24) is 0 Å². The Bertz CT molecular complexity index is 284. The quantitative estimate of drug-likeness (QED) is 0.367. The van der Waals surface area contributed by atoms with Crippen molar-refractivity contribution in [2.24, 2.45) is 10.8 Å². The van der Waals surface area contributed by atoms with Gasteiger partial charge in [0, 0.05) is 12.0 Å². The lowest BCUT2D eigenvalue weighted by molar-refractivity contribution is -0.115. The number of aliphatic hydroxyl groups is 2. The Morgan fingerprint density at radius 1 is 0.864 bits per heavy atom. The van der Waals surface area contributed by atoms with E-state index in [2.05, 4.69) is 13.8 Å². The highest BCUT2D eigenvalue weighted by molar-refractivity contribution is 5.57. The second-order valence-electron chi connectivity index (χ2n) is 8.28. The lowest BCUT2D eigenvalue weighted by Crippen LogP contribution is -2.16. The van der Waals surface area contributed by atoms with Crippen molar-refractivity contribution < 1.29 is 15.0 Å². The summed E-state index contributed by atoms with van der Waals surface area (Å²) in [5.41, 5.74) is -0.158. The number of aliphatic hydroxyl groups excluding tert-OH is 2. The SMILES string of the molecule is CC(C)(C=O)CCCCCC(O)CCCCCC(C)(C)CO. The van der Waals surface area contributed by atoms with Gasteiger partial charge in [-0.3, -0.25) is 0 Å². The molecule has 0 aliphatic carbocycles. The molecule has 0 aromatic carbocycles. The molecule has 0 aromatic rings. The molecule has 0 aliphatic rings. The molecule has 0 aromatic heterocycles. The highest BCUT2D eigenvalue weighted by Crippen LogP contribution is 2.24. The van der Waals surface area contributed by atoms with Crippen LogP contribution in [0.3, 0.4) is 0 Å². The Kier molecular flexibility index (Phi) is 11.0. The molecule has 132 valence electrons. The van der Waals surface area contributed by atoms with Crippen LogP contribution in [-0.4, -0.2) is 29.2 Å². The van der Waals surface area contributed by atoms with Crippen LogP contribution < -0.4 is 0 Å². The van der Waals surface area contributed by atoms with Crippen molar-refractivity contribution in [2.45, 2.75) is 98.0 Å². The molecular formula is C19H38O3. The van der Waals surface area contributed by atoms with Crippen LogP contribution in [-0.2, 0) is 4.79 Å². The van der Waals surface area contributed by atoms with Gasteiger partial charge in [0.1, 0.15) is 6.29 Å². The van der Waals surface area contributed by atoms with E-state index in [9.17, 15) is 15.0 Å². The maximum atomic E-state index is 10.8. The zero-order valence-corrected chi connectivity index (χ0v) is 15.2. The summed E-state index contributed by atoms with van der Waals surface area (Å²) in [5, 5.41) is 19.2. The van der Waals surface area contributed by atoms with E-state index in [1.54, 1.807) is 0 Å². The monoisotopic (exact) mass is 314 g/mol. The molecule has 0 saturated carbocycles. The van der Waals surface area contributed by atoms with E-state index < -0.39 is 0 Å². The van der Waals surface area contributed by atoms with Gasteiger partial charge in [0.05, 0.1) is 6.10 Å². The van der Waals surface area contributed by atoms with Crippen molar-refractivity contribution in [2.75, 3.05) is 6.61 Å². The van der Waals surface area contributed by atoms with Gasteiger partial charge in [-0.2, -0.15) is 0 Å². The Labute approximate surface area is 137 Å². The first-order valence-electron chi connectivity index (χ1n) is 8.98. The summed E-state index contributed by atoms with van der Waals surface area (Å²) in [6.45, 7) is 8.39. The van der Waals surface area contributed by atoms with Crippen LogP contribution in [0.5, 0.6) is 0 Å². The molecule has 0 heterocycles. The zero-order valence-electron chi connectivity index (χ0n) is 15.2. The van der Waals surface area contributed by atoms with Gasteiger partial charge >= 0.3 is 0 Å². The van der Waals surface area contributed by atoms with E-state index in [1.165, 1.54) is 0 Å². The molecule has 22 heavy (non-hydrogen) atoms. The molecule has 0 amide bonds. The summed E-state index contributed by atoms with van der Waals surface area (Å²) in [4.78, 5) is 10.8. The van der Waals surface area contributed by atoms with E-state index >= 15 is 0 Å². The maximum Gasteiger partial charge on any atom is 0.125 e. The predicted octanol–water partition coefficient (Wildman–Crippen LogP) is 4.49. The summed E-state index contributed by atoms with van der Waals surface area (Å²) >= 11 is 0. The summed E-state index contributed by atoms with van der Waals surface area (Å²) in [6.07, 6.45) is 11.2. The van der Waals surface area contributed by atoms with E-state index in [0.29, 0.717) is 0 Å². The largest absolute Gasteiger partial charge is 0.396 e. The number of hydrogen-bond acceptors (Lipinski definition) is 3. The highest BCUT2D eigenvalue weighted by Gasteiger charge is 2.16. The van der Waals surface area contributed by atoms with Crippen LogP contribution in [0.2, 0.25) is 0 Å². The van der Waals surface area contributed by atoms with E-state index in [1.807, 2.05) is 13.8 Å². The number of carbonyl (C=O) groups excluding carboxylic acids is 1. The molecule has 0 radical (unpaired) electrons. The van der Waals surface area contributed by atoms with Crippen LogP contribution in [0, 0.1) is 10.8 Å². The van der Waals surface area contributed by atoms with Crippen LogP contribution in [0.4, 0.5) is 0 Å². The Morgan fingerprint density at radius 2 is 1.36 bits per heavy atom. The van der Waals surface area contributed by atoms with Crippen molar-refractivity contribution in [3.8, 4) is 0 Å². The number of aldehydes is 1. The molecule has 0 bridgehead atoms. The second kappa shape index (κ2) is 11.2. The fraction of sp³-hybridized carbons (Fsp3) is 0.947. The van der Waals surface area contributed by atoms with Gasteiger partial charge in [-0.1, -0.05) is 66.2 Å². The van der Waals surface area contributed by atoms with Crippen LogP contribution in [0.25, 0.3) is 0 Å². The molecule has 1 atom stereocenters. The number of hydrogen-bond donors (Lipinski definition) is 2. The molecule has 0 fully saturated rings. The average molecular weight is 315 g/mol. The molecule has 3 heteroatoms. The summed E-state index contributed by atoms with van der Waals surface area (Å²) < 4.78 is 0. The summed E-state index contributed by atoms with van der Waals surface area (Å²) in [7, 11) is 0. The first-order chi connectivity index (χ1) is 10.2. The minimum absolute atomic E-state index is 0.0356. The molecule has 2 N–H and O–H groups in total. The fourth-order valence-corrected chi connectivity index (χ4v) is 2.58. The predicted molar refractivity (Wildman–Crippen MR) is 92.9 cm³/mol. The Balaban J connectivity index is 3.47. The average Bonchev–Trinajstić information content (AvgIpc) is 2.46. The number of rotatable bonds is 14. The Hall–Kier alpha value is -0.410. The third-order valence-electron chi connectivity index (χ3n) is 4.50. The van der Waals surface area contributed by atoms with Crippen LogP contribution in [0.15, 0.2) is 0 Å². The van der Waals surface area contributed by atoms with Crippen molar-refractivity contribution in [3.05, 3.63) is 0 Å². The maximum absolute atomic E-state index is 10.8. The lowest BCUT2D eigenvalue weighted by Gasteiger charge is -2.21. The molecular weight excluding hydrogens is 276 g/mol. The van der Waals surface area contributed by atoms with Gasteiger partial charge in [-0.25, -0.2) is 0 Å². The number of unbranched alkanes of at least 4 members (excludes halogenated alkanes) is 4. The molecule has 0 saturated heterocycles. The minimum atomic E-state index is -0.193. The Morgan fingerprint density at radius 3 is 1.82 bits per heavy atom. The number of carbonyl (C=O) groups is 1. The van der Waals surface area contributed by atoms with Crippen molar-refractivity contribution in [1.29, 1.82) is 0 Å². The third-order valence-corrected chi connectivity index (χ3v) is 4.50. The van der Waals surface area contributed by atoms with Crippen LogP contribution in [0.1, 0.15) is 91.9 Å². The molecule has 1 unspecified atom stereocenters. The smallest absolute Gasteiger partial charge is 0.125 e. The normalized spacial score (nSPS) is 14.1. The van der Waals surface area contributed by atoms with Gasteiger partial charge in [-0.15, -0.1) is 0 Å². The minimum Gasteiger partial charge on any atom is -0.396 e. The van der Waals surface area contributed by atoms with Crippen molar-refractivity contribution in [3.63, 3.8) is 0 Å². The van der Waals surface area contributed by atoms with Gasteiger partial charge < -0.3 is 15.0 Å². The van der Waals surface area contributed by atoms with Gasteiger partial charge in [0.15, 0.2) is 0 Å². The molecule has 0 rings (SSSR count). The summed E-state index contributed by atoms with van der Waals surface area (Å²) in [6, 6.07) is 0. The zero-order chi connectivity index (χ0) is 17.1. The molecule has 0 spiro atoms. The third kappa shape index (κ3) is 12.2. The van der Waals surface area contributed by atoms with Gasteiger partial charge in [-0.05, 0) is 31.1 Å². The molecule has 3 nitrogen and oxygen atoms in total. The molecule has 0 aliphatic heterocycles. The lowest BCUT2D eigenvalue weighted by atomic mass is 9.87. The van der Waals surface area contributed by atoms with E-state index in [0.717, 1.165) is 70.5 Å². The van der Waals surface area contributed by atoms with E-state index in [-0.39, 0.29) is 23.5 Å². The van der Waals surface area contributed by atoms with Crippen molar-refractivity contribution >= 4 is 6.29 Å². The fourth-order valence-electron chi connectivity index (χ4n) is 2.58. The van der Waals surface area contributed by atoms with Crippen LogP contribution >= 0.6 is 0 Å². The first-order valence-corrected chi connectivity index (χ1v) is 8.98. The van der Waals surface area contributed by atoms with Gasteiger partial charge in [0.2, 0.25) is 0 Å². The standard InChI is InChI=1S/C19H38O3/c1-18(2,15-20)13-9-5-7-11-17(22)12-8-6-10-14-19(3,4)16-21/h15,17,21-22H,5-14,16H2,1-4H3.